The van der Waals surface area contributed by atoms with Crippen LogP contribution in [0.3, 0.4) is 0 Å². The van der Waals surface area contributed by atoms with Crippen LogP contribution in [-0.2, 0) is 24.4 Å². The van der Waals surface area contributed by atoms with Crippen LogP contribution in [0.2, 0.25) is 0 Å². The number of aromatic nitrogens is 2. The molecule has 3 rings (SSSR count). The van der Waals surface area contributed by atoms with Gasteiger partial charge in [0.15, 0.2) is 0 Å². The predicted molar refractivity (Wildman–Crippen MR) is 112 cm³/mol. The molecule has 0 aliphatic heterocycles. The van der Waals surface area contributed by atoms with Gasteiger partial charge < -0.3 is 15.4 Å². The smallest absolute Gasteiger partial charge is 0.347 e. The fraction of sp³-hybridized carbons (Fsp3) is 0.227. The highest BCUT2D eigenvalue weighted by Crippen LogP contribution is 2.13. The van der Waals surface area contributed by atoms with Crippen molar-refractivity contribution >= 4 is 11.7 Å². The van der Waals surface area contributed by atoms with Gasteiger partial charge in [0.1, 0.15) is 0 Å². The van der Waals surface area contributed by atoms with Crippen molar-refractivity contribution in [2.75, 3.05) is 11.9 Å². The molecule has 2 N–H and O–H groups in total. The zero-order valence-electron chi connectivity index (χ0n) is 16.3. The lowest BCUT2D eigenvalue weighted by Crippen LogP contribution is -2.28. The molecule has 1 aromatic heterocycles. The summed E-state index contributed by atoms with van der Waals surface area (Å²) < 4.78 is 6.98. The van der Waals surface area contributed by atoms with Crippen molar-refractivity contribution < 1.29 is 9.53 Å². The van der Waals surface area contributed by atoms with Gasteiger partial charge in [-0.15, -0.1) is 0 Å². The molecule has 2 aromatic carbocycles. The largest absolute Gasteiger partial charge is 0.377 e. The second-order valence-corrected chi connectivity index (χ2v) is 6.44. The Morgan fingerprint density at radius 1 is 1.10 bits per heavy atom. The van der Waals surface area contributed by atoms with Gasteiger partial charge in [0.25, 0.3) is 0 Å². The van der Waals surface area contributed by atoms with Gasteiger partial charge in [0.05, 0.1) is 13.2 Å². The lowest BCUT2D eigenvalue weighted by atomic mass is 10.1. The van der Waals surface area contributed by atoms with Crippen LogP contribution in [0.25, 0.3) is 0 Å². The first-order valence-electron chi connectivity index (χ1n) is 9.45. The van der Waals surface area contributed by atoms with Crippen molar-refractivity contribution in [1.29, 1.82) is 0 Å². The van der Waals surface area contributed by atoms with Crippen LogP contribution in [0.15, 0.2) is 71.8 Å². The Morgan fingerprint density at radius 3 is 2.72 bits per heavy atom. The summed E-state index contributed by atoms with van der Waals surface area (Å²) in [5, 5.41) is 5.70. The van der Waals surface area contributed by atoms with Gasteiger partial charge in [-0.3, -0.25) is 4.57 Å². The predicted octanol–water partition coefficient (Wildman–Crippen LogP) is 3.15. The van der Waals surface area contributed by atoms with Crippen LogP contribution in [0.5, 0.6) is 0 Å². The molecular formula is C22H24N4O3. The van der Waals surface area contributed by atoms with Crippen LogP contribution in [0, 0.1) is 0 Å². The maximum Gasteiger partial charge on any atom is 0.347 e. The first-order valence-corrected chi connectivity index (χ1v) is 9.45. The van der Waals surface area contributed by atoms with Gasteiger partial charge in [-0.2, -0.15) is 0 Å². The molecule has 0 fully saturated rings. The molecule has 0 unspecified atom stereocenters. The summed E-state index contributed by atoms with van der Waals surface area (Å²) in [4.78, 5) is 27.8. The highest BCUT2D eigenvalue weighted by Gasteiger charge is 2.06. The molecule has 2 amide bonds. The van der Waals surface area contributed by atoms with E-state index in [0.717, 1.165) is 16.7 Å². The molecule has 3 aromatic rings. The summed E-state index contributed by atoms with van der Waals surface area (Å²) in [6.07, 6.45) is 3.15. The molecule has 0 bridgehead atoms. The van der Waals surface area contributed by atoms with Crippen LogP contribution in [-0.4, -0.2) is 22.2 Å². The molecule has 7 heteroatoms. The number of hydrogen-bond donors (Lipinski definition) is 2. The number of amides is 2. The van der Waals surface area contributed by atoms with E-state index in [4.69, 9.17) is 4.74 Å². The highest BCUT2D eigenvalue weighted by molar-refractivity contribution is 5.89. The average Bonchev–Trinajstić information content (AvgIpc) is 2.73. The van der Waals surface area contributed by atoms with Crippen molar-refractivity contribution in [1.82, 2.24) is 14.9 Å². The molecule has 0 radical (unpaired) electrons. The highest BCUT2D eigenvalue weighted by atomic mass is 16.5. The topological polar surface area (TPSA) is 85.2 Å². The maximum absolute atomic E-state index is 12.3. The second kappa shape index (κ2) is 10.2. The molecule has 0 saturated carbocycles. The minimum absolute atomic E-state index is 0.299. The number of nitrogens with zero attached hydrogens (tertiary/aromatic N) is 2. The molecule has 0 atom stereocenters. The summed E-state index contributed by atoms with van der Waals surface area (Å²) in [6, 6.07) is 16.6. The van der Waals surface area contributed by atoms with Gasteiger partial charge in [-0.05, 0) is 41.8 Å². The Balaban J connectivity index is 1.59. The minimum atomic E-state index is -0.311. The van der Waals surface area contributed by atoms with E-state index < -0.39 is 0 Å². The maximum atomic E-state index is 12.3. The Kier molecular flexibility index (Phi) is 7.13. The number of rotatable bonds is 8. The lowest BCUT2D eigenvalue weighted by molar-refractivity contribution is 0.133. The lowest BCUT2D eigenvalue weighted by Gasteiger charge is -2.12. The molecule has 0 saturated heterocycles. The summed E-state index contributed by atoms with van der Waals surface area (Å²) in [5.74, 6) is 0. The standard InChI is InChI=1S/C22H24N4O3/c1-2-29-16-19-9-4-3-8-18(19)14-24-21(27)25-20-10-5-7-17(13-20)15-26-12-6-11-23-22(26)28/h3-13H,2,14-16H2,1H3,(H2,24,25,27). The molecular weight excluding hydrogens is 368 g/mol. The van der Waals surface area contributed by atoms with E-state index >= 15 is 0 Å². The van der Waals surface area contributed by atoms with Gasteiger partial charge >= 0.3 is 11.7 Å². The van der Waals surface area contributed by atoms with E-state index in [9.17, 15) is 9.59 Å². The van der Waals surface area contributed by atoms with Crippen molar-refractivity contribution in [3.63, 3.8) is 0 Å². The number of anilines is 1. The Labute approximate surface area is 169 Å². The molecule has 0 spiro atoms. The Morgan fingerprint density at radius 2 is 1.93 bits per heavy atom. The van der Waals surface area contributed by atoms with E-state index in [0.29, 0.717) is 32.0 Å². The SMILES string of the molecule is CCOCc1ccccc1CNC(=O)Nc1cccc(Cn2cccnc2=O)c1. The zero-order chi connectivity index (χ0) is 20.5. The van der Waals surface area contributed by atoms with E-state index in [2.05, 4.69) is 15.6 Å². The number of benzene rings is 2. The summed E-state index contributed by atoms with van der Waals surface area (Å²) >= 11 is 0. The van der Waals surface area contributed by atoms with Crippen LogP contribution >= 0.6 is 0 Å². The number of urea groups is 1. The summed E-state index contributed by atoms with van der Waals surface area (Å²) in [5.41, 5.74) is 3.30. The van der Waals surface area contributed by atoms with Crippen molar-refractivity contribution in [3.8, 4) is 0 Å². The number of ether oxygens (including phenoxy) is 1. The number of carbonyl (C=O) groups is 1. The number of carbonyl (C=O) groups excluding carboxylic acids is 1. The fourth-order valence-electron chi connectivity index (χ4n) is 2.89. The third-order valence-corrected chi connectivity index (χ3v) is 4.34. The first kappa shape index (κ1) is 20.3. The van der Waals surface area contributed by atoms with Gasteiger partial charge in [0, 0.05) is 31.2 Å². The molecule has 0 aliphatic rings. The monoisotopic (exact) mass is 392 g/mol. The molecule has 0 aliphatic carbocycles. The summed E-state index contributed by atoms with van der Waals surface area (Å²) in [6.45, 7) is 3.90. The quantitative estimate of drug-likeness (QED) is 0.617. The van der Waals surface area contributed by atoms with Crippen molar-refractivity contribution in [3.05, 3.63) is 94.2 Å². The molecule has 29 heavy (non-hydrogen) atoms. The van der Waals surface area contributed by atoms with Crippen LogP contribution < -0.4 is 16.3 Å². The van der Waals surface area contributed by atoms with Gasteiger partial charge in [0.2, 0.25) is 0 Å². The van der Waals surface area contributed by atoms with Crippen LogP contribution in [0.4, 0.5) is 10.5 Å². The zero-order valence-corrected chi connectivity index (χ0v) is 16.3. The van der Waals surface area contributed by atoms with E-state index in [-0.39, 0.29) is 11.7 Å². The third-order valence-electron chi connectivity index (χ3n) is 4.34. The number of hydrogen-bond acceptors (Lipinski definition) is 4. The normalized spacial score (nSPS) is 10.5. The summed E-state index contributed by atoms with van der Waals surface area (Å²) in [7, 11) is 0. The second-order valence-electron chi connectivity index (χ2n) is 6.44. The van der Waals surface area contributed by atoms with Crippen molar-refractivity contribution in [2.24, 2.45) is 0 Å². The molecule has 1 heterocycles. The van der Waals surface area contributed by atoms with Crippen LogP contribution in [0.1, 0.15) is 23.6 Å². The average molecular weight is 392 g/mol. The van der Waals surface area contributed by atoms with Crippen molar-refractivity contribution in [2.45, 2.75) is 26.6 Å². The van der Waals surface area contributed by atoms with Gasteiger partial charge in [-0.1, -0.05) is 36.4 Å². The Hall–Kier alpha value is -3.45. The molecule has 7 nitrogen and oxygen atoms in total. The minimum Gasteiger partial charge on any atom is -0.377 e. The molecule has 150 valence electrons. The number of nitrogens with one attached hydrogen (secondary N) is 2. The van der Waals surface area contributed by atoms with E-state index in [1.807, 2.05) is 49.4 Å². The first-order chi connectivity index (χ1) is 14.2. The third kappa shape index (κ3) is 6.02. The Bertz CT molecular complexity index is 1020. The van der Waals surface area contributed by atoms with E-state index in [1.165, 1.54) is 10.8 Å². The fourth-order valence-corrected chi connectivity index (χ4v) is 2.89. The van der Waals surface area contributed by atoms with Gasteiger partial charge in [-0.25, -0.2) is 14.6 Å². The van der Waals surface area contributed by atoms with E-state index in [1.54, 1.807) is 18.3 Å².